The molecule has 19 heavy (non-hydrogen) atoms. The van der Waals surface area contributed by atoms with Crippen molar-refractivity contribution in [1.29, 1.82) is 0 Å². The van der Waals surface area contributed by atoms with Crippen LogP contribution in [0.15, 0.2) is 29.2 Å². The van der Waals surface area contributed by atoms with Gasteiger partial charge in [0.05, 0.1) is 7.11 Å². The molecule has 1 aromatic heterocycles. The fourth-order valence-corrected chi connectivity index (χ4v) is 2.90. The summed E-state index contributed by atoms with van der Waals surface area (Å²) in [6, 6.07) is 6.58. The summed E-state index contributed by atoms with van der Waals surface area (Å²) in [6.45, 7) is 3.61. The summed E-state index contributed by atoms with van der Waals surface area (Å²) >= 11 is 0. The monoisotopic (exact) mass is 281 g/mol. The Balaban J connectivity index is 2.41. The number of H-pyrrole nitrogens is 1. The van der Waals surface area contributed by atoms with Crippen LogP contribution < -0.4 is 9.46 Å². The van der Waals surface area contributed by atoms with Gasteiger partial charge in [0.15, 0.2) is 5.82 Å². The molecule has 2 N–H and O–H groups in total. The van der Waals surface area contributed by atoms with E-state index in [0.717, 1.165) is 11.3 Å². The van der Waals surface area contributed by atoms with E-state index in [1.807, 2.05) is 6.92 Å². The van der Waals surface area contributed by atoms with E-state index >= 15 is 0 Å². The van der Waals surface area contributed by atoms with Crippen molar-refractivity contribution >= 4 is 15.8 Å². The van der Waals surface area contributed by atoms with E-state index < -0.39 is 10.0 Å². The van der Waals surface area contributed by atoms with Crippen molar-refractivity contribution in [2.45, 2.75) is 18.7 Å². The van der Waals surface area contributed by atoms with Crippen molar-refractivity contribution in [1.82, 2.24) is 10.2 Å². The van der Waals surface area contributed by atoms with Gasteiger partial charge in [0.2, 0.25) is 0 Å². The number of hydrogen-bond acceptors (Lipinski definition) is 4. The number of aromatic nitrogens is 2. The summed E-state index contributed by atoms with van der Waals surface area (Å²) in [5, 5.41) is 6.52. The first-order valence-corrected chi connectivity index (χ1v) is 7.10. The van der Waals surface area contributed by atoms with Gasteiger partial charge in [-0.25, -0.2) is 8.42 Å². The lowest BCUT2D eigenvalue weighted by Gasteiger charge is -2.10. The molecule has 0 amide bonds. The number of nitrogens with one attached hydrogen (secondary N) is 2. The number of sulfonamides is 1. The van der Waals surface area contributed by atoms with Crippen LogP contribution in [0.25, 0.3) is 0 Å². The third-order valence-corrected chi connectivity index (χ3v) is 3.93. The molecule has 0 aliphatic heterocycles. The Kier molecular flexibility index (Phi) is 3.48. The van der Waals surface area contributed by atoms with Crippen molar-refractivity contribution in [3.05, 3.63) is 35.5 Å². The molecular formula is C12H15N3O3S. The molecule has 0 atom stereocenters. The van der Waals surface area contributed by atoms with Crippen molar-refractivity contribution in [3.63, 3.8) is 0 Å². The van der Waals surface area contributed by atoms with Gasteiger partial charge in [0.25, 0.3) is 10.0 Å². The molecule has 0 unspecified atom stereocenters. The third kappa shape index (κ3) is 2.87. The average Bonchev–Trinajstić information content (AvgIpc) is 2.74. The lowest BCUT2D eigenvalue weighted by atomic mass is 10.2. The highest BCUT2D eigenvalue weighted by Crippen LogP contribution is 2.26. The van der Waals surface area contributed by atoms with Gasteiger partial charge in [-0.3, -0.25) is 9.82 Å². The molecule has 0 aliphatic carbocycles. The molecule has 2 rings (SSSR count). The van der Waals surface area contributed by atoms with Gasteiger partial charge in [0, 0.05) is 11.8 Å². The van der Waals surface area contributed by atoms with Gasteiger partial charge in [-0.05, 0) is 31.5 Å². The number of benzene rings is 1. The number of aryl methyl sites for hydroxylation is 2. The molecule has 2 aromatic rings. The molecule has 7 heteroatoms. The number of nitrogens with zero attached hydrogens (tertiary/aromatic N) is 1. The lowest BCUT2D eigenvalue weighted by Crippen LogP contribution is -2.14. The fraction of sp³-hybridized carbons (Fsp3) is 0.250. The Morgan fingerprint density at radius 2 is 2.00 bits per heavy atom. The van der Waals surface area contributed by atoms with Crippen molar-refractivity contribution < 1.29 is 13.2 Å². The second-order valence-corrected chi connectivity index (χ2v) is 5.85. The van der Waals surface area contributed by atoms with E-state index in [-0.39, 0.29) is 10.7 Å². The van der Waals surface area contributed by atoms with Crippen LogP contribution in [0, 0.1) is 13.8 Å². The van der Waals surface area contributed by atoms with E-state index in [9.17, 15) is 8.42 Å². The molecule has 0 bridgehead atoms. The summed E-state index contributed by atoms with van der Waals surface area (Å²) in [6.07, 6.45) is 0. The number of ether oxygens (including phenoxy) is 1. The van der Waals surface area contributed by atoms with Crippen LogP contribution in [-0.2, 0) is 10.0 Å². The Morgan fingerprint density at radius 1 is 1.26 bits per heavy atom. The van der Waals surface area contributed by atoms with Gasteiger partial charge >= 0.3 is 0 Å². The minimum Gasteiger partial charge on any atom is -0.495 e. The van der Waals surface area contributed by atoms with Crippen molar-refractivity contribution in [3.8, 4) is 5.75 Å². The molecule has 0 spiro atoms. The van der Waals surface area contributed by atoms with E-state index in [0.29, 0.717) is 5.75 Å². The van der Waals surface area contributed by atoms with Crippen LogP contribution in [0.2, 0.25) is 0 Å². The molecule has 0 radical (unpaired) electrons. The summed E-state index contributed by atoms with van der Waals surface area (Å²) in [5.41, 5.74) is 1.60. The number of aromatic amines is 1. The highest BCUT2D eigenvalue weighted by molar-refractivity contribution is 7.92. The molecule has 0 saturated carbocycles. The van der Waals surface area contributed by atoms with E-state index in [1.165, 1.54) is 7.11 Å². The smallest absolute Gasteiger partial charge is 0.266 e. The van der Waals surface area contributed by atoms with Gasteiger partial charge in [0.1, 0.15) is 10.6 Å². The lowest BCUT2D eigenvalue weighted by molar-refractivity contribution is 0.402. The van der Waals surface area contributed by atoms with Gasteiger partial charge in [-0.1, -0.05) is 6.07 Å². The maximum atomic E-state index is 12.3. The highest BCUT2D eigenvalue weighted by atomic mass is 32.2. The van der Waals surface area contributed by atoms with Gasteiger partial charge < -0.3 is 4.74 Å². The molecular weight excluding hydrogens is 266 g/mol. The molecule has 0 fully saturated rings. The summed E-state index contributed by atoms with van der Waals surface area (Å²) in [7, 11) is -2.29. The Bertz CT molecular complexity index is 692. The van der Waals surface area contributed by atoms with Crippen molar-refractivity contribution in [2.75, 3.05) is 11.8 Å². The Labute approximate surface area is 111 Å². The maximum absolute atomic E-state index is 12.3. The van der Waals surface area contributed by atoms with Crippen LogP contribution >= 0.6 is 0 Å². The number of anilines is 1. The molecule has 0 saturated heterocycles. The summed E-state index contributed by atoms with van der Waals surface area (Å²) < 4.78 is 32.1. The van der Waals surface area contributed by atoms with Gasteiger partial charge in [-0.15, -0.1) is 0 Å². The molecule has 102 valence electrons. The quantitative estimate of drug-likeness (QED) is 0.895. The van der Waals surface area contributed by atoms with E-state index in [2.05, 4.69) is 14.9 Å². The minimum absolute atomic E-state index is 0.0932. The second-order valence-electron chi connectivity index (χ2n) is 4.20. The predicted molar refractivity (Wildman–Crippen MR) is 71.9 cm³/mol. The molecule has 0 aliphatic rings. The maximum Gasteiger partial charge on any atom is 0.266 e. The number of rotatable bonds is 4. The second kappa shape index (κ2) is 4.93. The highest BCUT2D eigenvalue weighted by Gasteiger charge is 2.20. The summed E-state index contributed by atoms with van der Waals surface area (Å²) in [5.74, 6) is 0.548. The first-order chi connectivity index (χ1) is 8.92. The first-order valence-electron chi connectivity index (χ1n) is 5.62. The standard InChI is InChI=1S/C12H15N3O3S/c1-8-4-5-10(18-3)11(6-8)19(16,17)15-12-7-9(2)13-14-12/h4-7H,1-3H3,(H2,13,14,15). The van der Waals surface area contributed by atoms with E-state index in [4.69, 9.17) is 4.74 Å². The summed E-state index contributed by atoms with van der Waals surface area (Å²) in [4.78, 5) is 0.0932. The zero-order chi connectivity index (χ0) is 14.0. The normalized spacial score (nSPS) is 11.3. The van der Waals surface area contributed by atoms with Gasteiger partial charge in [-0.2, -0.15) is 5.10 Å². The Hall–Kier alpha value is -2.02. The zero-order valence-corrected chi connectivity index (χ0v) is 11.7. The molecule has 1 heterocycles. The molecule has 1 aromatic carbocycles. The van der Waals surface area contributed by atoms with Crippen LogP contribution in [0.1, 0.15) is 11.3 Å². The topological polar surface area (TPSA) is 84.1 Å². The first kappa shape index (κ1) is 13.4. The fourth-order valence-electron chi connectivity index (χ4n) is 1.66. The third-order valence-electron chi connectivity index (χ3n) is 2.55. The molecule has 6 nitrogen and oxygen atoms in total. The Morgan fingerprint density at radius 3 is 2.58 bits per heavy atom. The van der Waals surface area contributed by atoms with E-state index in [1.54, 1.807) is 31.2 Å². The van der Waals surface area contributed by atoms with Crippen LogP contribution in [0.5, 0.6) is 5.75 Å². The number of hydrogen-bond donors (Lipinski definition) is 2. The number of methoxy groups -OCH3 is 1. The minimum atomic E-state index is -3.72. The van der Waals surface area contributed by atoms with Crippen molar-refractivity contribution in [2.24, 2.45) is 0 Å². The largest absolute Gasteiger partial charge is 0.495 e. The van der Waals surface area contributed by atoms with Crippen LogP contribution in [0.4, 0.5) is 5.82 Å². The van der Waals surface area contributed by atoms with Crippen LogP contribution in [-0.4, -0.2) is 25.7 Å². The SMILES string of the molecule is COc1ccc(C)cc1S(=O)(=O)Nc1cc(C)[nH]n1. The average molecular weight is 281 g/mol. The predicted octanol–water partition coefficient (Wildman–Crippen LogP) is 1.84. The van der Waals surface area contributed by atoms with Crippen LogP contribution in [0.3, 0.4) is 0 Å². The zero-order valence-electron chi connectivity index (χ0n) is 10.9.